The molecule has 0 amide bonds. The summed E-state index contributed by atoms with van der Waals surface area (Å²) in [5, 5.41) is 3.28. The third-order valence-electron chi connectivity index (χ3n) is 3.89. The highest BCUT2D eigenvalue weighted by molar-refractivity contribution is 6.03. The van der Waals surface area contributed by atoms with Crippen LogP contribution in [0.15, 0.2) is 12.1 Å². The Morgan fingerprint density at radius 1 is 1.35 bits per heavy atom. The number of ether oxygens (including phenoxy) is 1. The molecule has 1 unspecified atom stereocenters. The van der Waals surface area contributed by atoms with Crippen molar-refractivity contribution in [2.75, 3.05) is 13.7 Å². The minimum atomic E-state index is -0.0569. The van der Waals surface area contributed by atoms with Gasteiger partial charge < -0.3 is 10.1 Å². The van der Waals surface area contributed by atoms with E-state index in [2.05, 4.69) is 32.2 Å². The molecule has 0 saturated carbocycles. The van der Waals surface area contributed by atoms with Crippen LogP contribution in [0.2, 0.25) is 0 Å². The third kappa shape index (κ3) is 2.88. The molecule has 1 atom stereocenters. The second-order valence-electron chi connectivity index (χ2n) is 6.66. The number of aryl methyl sites for hydroxylation is 1. The van der Waals surface area contributed by atoms with Crippen LogP contribution < -0.4 is 10.1 Å². The number of carbonyl (C=O) groups excluding carboxylic acids is 1. The van der Waals surface area contributed by atoms with E-state index in [0.29, 0.717) is 0 Å². The van der Waals surface area contributed by atoms with Gasteiger partial charge in [0.05, 0.1) is 18.7 Å². The highest BCUT2D eigenvalue weighted by Gasteiger charge is 2.29. The van der Waals surface area contributed by atoms with Gasteiger partial charge in [0.25, 0.3) is 0 Å². The molecule has 1 aromatic rings. The second kappa shape index (κ2) is 5.57. The molecule has 1 aromatic carbocycles. The van der Waals surface area contributed by atoms with Gasteiger partial charge in [0.2, 0.25) is 0 Å². The van der Waals surface area contributed by atoms with Crippen LogP contribution in [0.25, 0.3) is 0 Å². The molecule has 1 N–H and O–H groups in total. The lowest BCUT2D eigenvalue weighted by atomic mass is 9.83. The molecule has 20 heavy (non-hydrogen) atoms. The molecule has 0 radical (unpaired) electrons. The predicted molar refractivity (Wildman–Crippen MR) is 81.8 cm³/mol. The summed E-state index contributed by atoms with van der Waals surface area (Å²) in [6.07, 6.45) is 1.98. The maximum Gasteiger partial charge on any atom is 0.183 e. The van der Waals surface area contributed by atoms with Crippen molar-refractivity contribution in [1.82, 2.24) is 5.32 Å². The minimum absolute atomic E-state index is 0.0461. The Hall–Kier alpha value is -1.35. The molecule has 3 heteroatoms. The maximum atomic E-state index is 12.7. The van der Waals surface area contributed by atoms with E-state index in [4.69, 9.17) is 4.74 Å². The molecular weight excluding hydrogens is 250 g/mol. The number of methoxy groups -OCH3 is 1. The lowest BCUT2D eigenvalue weighted by Crippen LogP contribution is -2.31. The highest BCUT2D eigenvalue weighted by atomic mass is 16.5. The topological polar surface area (TPSA) is 38.3 Å². The Kier molecular flexibility index (Phi) is 4.19. The van der Waals surface area contributed by atoms with Crippen LogP contribution >= 0.6 is 0 Å². The van der Waals surface area contributed by atoms with Gasteiger partial charge in [-0.25, -0.2) is 0 Å². The van der Waals surface area contributed by atoms with Crippen molar-refractivity contribution in [3.05, 3.63) is 28.8 Å². The van der Waals surface area contributed by atoms with Crippen LogP contribution in [-0.4, -0.2) is 25.5 Å². The van der Waals surface area contributed by atoms with Crippen molar-refractivity contribution in [1.29, 1.82) is 0 Å². The van der Waals surface area contributed by atoms with E-state index in [1.807, 2.05) is 13.0 Å². The van der Waals surface area contributed by atoms with E-state index < -0.39 is 0 Å². The zero-order valence-corrected chi connectivity index (χ0v) is 13.2. The first-order valence-corrected chi connectivity index (χ1v) is 7.31. The van der Waals surface area contributed by atoms with Crippen LogP contribution in [-0.2, 0) is 5.41 Å². The van der Waals surface area contributed by atoms with Crippen molar-refractivity contribution in [3.63, 3.8) is 0 Å². The summed E-state index contributed by atoms with van der Waals surface area (Å²) in [4.78, 5) is 12.7. The number of ketones is 1. The summed E-state index contributed by atoms with van der Waals surface area (Å²) in [5.74, 6) is 0.898. The first kappa shape index (κ1) is 15.0. The molecule has 110 valence electrons. The van der Waals surface area contributed by atoms with Gasteiger partial charge >= 0.3 is 0 Å². The Labute approximate surface area is 121 Å². The summed E-state index contributed by atoms with van der Waals surface area (Å²) in [5.41, 5.74) is 2.88. The highest BCUT2D eigenvalue weighted by Crippen LogP contribution is 2.36. The van der Waals surface area contributed by atoms with E-state index in [0.717, 1.165) is 41.8 Å². The molecule has 1 heterocycles. The molecule has 0 spiro atoms. The van der Waals surface area contributed by atoms with Crippen LogP contribution in [0.3, 0.4) is 0 Å². The first-order valence-electron chi connectivity index (χ1n) is 7.31. The van der Waals surface area contributed by atoms with Gasteiger partial charge in [0.1, 0.15) is 5.75 Å². The Morgan fingerprint density at radius 2 is 2.05 bits per heavy atom. The van der Waals surface area contributed by atoms with Crippen molar-refractivity contribution >= 4 is 5.78 Å². The lowest BCUT2D eigenvalue weighted by Gasteiger charge is -2.25. The van der Waals surface area contributed by atoms with Gasteiger partial charge in [-0.1, -0.05) is 26.8 Å². The zero-order chi connectivity index (χ0) is 14.9. The van der Waals surface area contributed by atoms with Crippen molar-refractivity contribution in [2.24, 2.45) is 0 Å². The quantitative estimate of drug-likeness (QED) is 0.861. The summed E-state index contributed by atoms with van der Waals surface area (Å²) in [6, 6.07) is 4.02. The molecule has 2 rings (SSSR count). The first-order chi connectivity index (χ1) is 9.34. The minimum Gasteiger partial charge on any atom is -0.496 e. The molecule has 0 aliphatic carbocycles. The molecule has 1 aliphatic rings. The van der Waals surface area contributed by atoms with Gasteiger partial charge in [-0.2, -0.15) is 0 Å². The number of carbonyl (C=O) groups is 1. The Bertz CT molecular complexity index is 508. The van der Waals surface area contributed by atoms with E-state index in [9.17, 15) is 4.79 Å². The molecule has 1 fully saturated rings. The van der Waals surface area contributed by atoms with Gasteiger partial charge in [0.15, 0.2) is 5.78 Å². The number of benzene rings is 1. The molecule has 0 aromatic heterocycles. The summed E-state index contributed by atoms with van der Waals surface area (Å²) in [7, 11) is 1.65. The van der Waals surface area contributed by atoms with Crippen molar-refractivity contribution < 1.29 is 9.53 Å². The number of nitrogens with one attached hydrogen (secondary N) is 1. The summed E-state index contributed by atoms with van der Waals surface area (Å²) < 4.78 is 5.59. The predicted octanol–water partition coefficient (Wildman–Crippen LogP) is 3.24. The third-order valence-corrected chi connectivity index (χ3v) is 3.89. The smallest absolute Gasteiger partial charge is 0.183 e. The number of hydrogen-bond acceptors (Lipinski definition) is 3. The Morgan fingerprint density at radius 3 is 2.55 bits per heavy atom. The van der Waals surface area contributed by atoms with E-state index in [-0.39, 0.29) is 17.2 Å². The van der Waals surface area contributed by atoms with E-state index in [1.165, 1.54) is 0 Å². The average Bonchev–Trinajstić information content (AvgIpc) is 2.89. The molecule has 1 aliphatic heterocycles. The van der Waals surface area contributed by atoms with Crippen LogP contribution in [0.1, 0.15) is 55.1 Å². The van der Waals surface area contributed by atoms with Gasteiger partial charge in [-0.3, -0.25) is 4.79 Å². The molecule has 3 nitrogen and oxygen atoms in total. The van der Waals surface area contributed by atoms with Gasteiger partial charge in [-0.15, -0.1) is 0 Å². The summed E-state index contributed by atoms with van der Waals surface area (Å²) >= 11 is 0. The lowest BCUT2D eigenvalue weighted by molar-refractivity contribution is 0.0949. The molecule has 1 saturated heterocycles. The zero-order valence-electron chi connectivity index (χ0n) is 13.2. The number of Topliss-reactive ketones (excluding diaryl/α,β-unsaturated/α-hetero) is 1. The fourth-order valence-electron chi connectivity index (χ4n) is 2.83. The Balaban J connectivity index is 2.51. The fraction of sp³-hybridized carbons (Fsp3) is 0.588. The van der Waals surface area contributed by atoms with Crippen LogP contribution in [0, 0.1) is 6.92 Å². The normalized spacial score (nSPS) is 19.1. The van der Waals surface area contributed by atoms with Gasteiger partial charge in [-0.05, 0) is 43.4 Å². The van der Waals surface area contributed by atoms with Crippen molar-refractivity contribution in [3.8, 4) is 5.75 Å². The van der Waals surface area contributed by atoms with E-state index in [1.54, 1.807) is 7.11 Å². The fourth-order valence-corrected chi connectivity index (χ4v) is 2.83. The SMILES string of the molecule is COc1c(C(=O)C2CCCN2)cc(C)cc1C(C)(C)C. The average molecular weight is 275 g/mol. The monoisotopic (exact) mass is 275 g/mol. The van der Waals surface area contributed by atoms with Gasteiger partial charge in [0, 0.05) is 5.56 Å². The molecular formula is C17H25NO2. The van der Waals surface area contributed by atoms with Crippen LogP contribution in [0.5, 0.6) is 5.75 Å². The summed E-state index contributed by atoms with van der Waals surface area (Å²) in [6.45, 7) is 9.40. The number of rotatable bonds is 3. The van der Waals surface area contributed by atoms with Crippen LogP contribution in [0.4, 0.5) is 0 Å². The van der Waals surface area contributed by atoms with E-state index >= 15 is 0 Å². The van der Waals surface area contributed by atoms with Crippen molar-refractivity contribution in [2.45, 2.75) is 52.0 Å². The maximum absolute atomic E-state index is 12.7. The largest absolute Gasteiger partial charge is 0.496 e. The molecule has 0 bridgehead atoms. The second-order valence-corrected chi connectivity index (χ2v) is 6.66. The standard InChI is InChI=1S/C17H25NO2/c1-11-9-12(15(19)14-7-6-8-18-14)16(20-5)13(10-11)17(2,3)4/h9-10,14,18H,6-8H2,1-5H3. The number of hydrogen-bond donors (Lipinski definition) is 1.